The smallest absolute Gasteiger partial charge is 0.202 e. The number of benzene rings is 2. The van der Waals surface area contributed by atoms with Crippen molar-refractivity contribution in [3.63, 3.8) is 0 Å². The quantitative estimate of drug-likeness (QED) is 0.240. The van der Waals surface area contributed by atoms with Crippen molar-refractivity contribution in [3.05, 3.63) is 51.6 Å². The zero-order valence-corrected chi connectivity index (χ0v) is 24.8. The van der Waals surface area contributed by atoms with Crippen LogP contribution in [0.25, 0.3) is 0 Å². The normalized spacial score (nSPS) is 30.0. The number of phenols is 2. The van der Waals surface area contributed by atoms with Gasteiger partial charge in [-0.3, -0.25) is 24.1 Å². The Labute approximate surface area is 257 Å². The first kappa shape index (κ1) is 31.3. The number of Topliss-reactive ketones (excluding diaryl/α,β-unsaturated/α-hetero) is 2. The molecule has 2 saturated heterocycles. The third-order valence-electron chi connectivity index (χ3n) is 9.48. The molecular formula is C32H35NO12. The van der Waals surface area contributed by atoms with E-state index in [9.17, 15) is 44.7 Å². The second kappa shape index (κ2) is 11.6. The van der Waals surface area contributed by atoms with Gasteiger partial charge in [-0.2, -0.15) is 0 Å². The summed E-state index contributed by atoms with van der Waals surface area (Å²) in [5.41, 5.74) is -3.70. The fourth-order valence-corrected chi connectivity index (χ4v) is 7.20. The molecule has 0 aromatic heterocycles. The Hall–Kier alpha value is -3.72. The van der Waals surface area contributed by atoms with Gasteiger partial charge >= 0.3 is 0 Å². The number of phenolic OH excluding ortho intramolecular Hbond substituents is 2. The van der Waals surface area contributed by atoms with Crippen LogP contribution in [0, 0.1) is 0 Å². The van der Waals surface area contributed by atoms with Crippen molar-refractivity contribution in [3.8, 4) is 17.2 Å². The summed E-state index contributed by atoms with van der Waals surface area (Å²) in [4.78, 5) is 54.3. The van der Waals surface area contributed by atoms with Crippen molar-refractivity contribution in [2.75, 3.05) is 26.8 Å². The molecule has 2 heterocycles. The van der Waals surface area contributed by atoms with Gasteiger partial charge in [0.15, 0.2) is 17.9 Å². The topological polar surface area (TPSA) is 200 Å². The van der Waals surface area contributed by atoms with Crippen LogP contribution in [0.4, 0.5) is 0 Å². The van der Waals surface area contributed by atoms with E-state index in [4.69, 9.17) is 14.2 Å². The number of methoxy groups -OCH3 is 1. The first-order valence-electron chi connectivity index (χ1n) is 14.9. The summed E-state index contributed by atoms with van der Waals surface area (Å²) in [6.45, 7) is 1.33. The third-order valence-corrected chi connectivity index (χ3v) is 9.48. The number of nitrogens with zero attached hydrogens (tertiary/aromatic N) is 1. The molecule has 5 N–H and O–H groups in total. The predicted octanol–water partition coefficient (Wildman–Crippen LogP) is 0.707. The van der Waals surface area contributed by atoms with Gasteiger partial charge in [-0.15, -0.1) is 0 Å². The molecule has 2 aliphatic heterocycles. The van der Waals surface area contributed by atoms with E-state index in [1.807, 2.05) is 4.90 Å². The Morgan fingerprint density at radius 2 is 1.84 bits per heavy atom. The van der Waals surface area contributed by atoms with Crippen LogP contribution in [-0.2, 0) is 25.5 Å². The molecule has 240 valence electrons. The molecular weight excluding hydrogens is 590 g/mol. The number of ketones is 4. The maximum absolute atomic E-state index is 13.8. The van der Waals surface area contributed by atoms with Crippen LogP contribution >= 0.6 is 0 Å². The average Bonchev–Trinajstić information content (AvgIpc) is 3.02. The van der Waals surface area contributed by atoms with Crippen LogP contribution in [-0.4, -0.2) is 111 Å². The van der Waals surface area contributed by atoms with E-state index in [-0.39, 0.29) is 46.8 Å². The highest BCUT2D eigenvalue weighted by Crippen LogP contribution is 2.52. The highest BCUT2D eigenvalue weighted by molar-refractivity contribution is 6.31. The minimum atomic E-state index is -2.27. The van der Waals surface area contributed by atoms with Crippen LogP contribution in [0.1, 0.15) is 81.7 Å². The number of aliphatic hydroxyl groups excluding tert-OH is 2. The predicted molar refractivity (Wildman–Crippen MR) is 153 cm³/mol. The first-order valence-corrected chi connectivity index (χ1v) is 14.9. The summed E-state index contributed by atoms with van der Waals surface area (Å²) in [6.07, 6.45) is -4.06. The van der Waals surface area contributed by atoms with Gasteiger partial charge in [-0.1, -0.05) is 12.1 Å². The number of fused-ring (bicyclic) bond motifs is 3. The number of hydrogen-bond acceptors (Lipinski definition) is 13. The van der Waals surface area contributed by atoms with E-state index in [1.54, 1.807) is 6.92 Å². The summed E-state index contributed by atoms with van der Waals surface area (Å²) < 4.78 is 17.5. The Bertz CT molecular complexity index is 1600. The van der Waals surface area contributed by atoms with Crippen molar-refractivity contribution in [2.45, 2.75) is 75.3 Å². The molecule has 2 fully saturated rings. The highest BCUT2D eigenvalue weighted by Gasteiger charge is 2.50. The van der Waals surface area contributed by atoms with Gasteiger partial charge in [0.05, 0.1) is 48.7 Å². The van der Waals surface area contributed by atoms with Crippen LogP contribution in [0.15, 0.2) is 18.2 Å². The molecule has 0 bridgehead atoms. The van der Waals surface area contributed by atoms with Crippen molar-refractivity contribution in [1.29, 1.82) is 0 Å². The lowest BCUT2D eigenvalue weighted by Crippen LogP contribution is -2.57. The van der Waals surface area contributed by atoms with Gasteiger partial charge in [0.1, 0.15) is 35.2 Å². The lowest BCUT2D eigenvalue weighted by atomic mass is 9.72. The third kappa shape index (κ3) is 5.03. The first-order chi connectivity index (χ1) is 21.4. The number of carbonyl (C=O) groups excluding carboxylic acids is 4. The van der Waals surface area contributed by atoms with E-state index >= 15 is 0 Å². The number of aliphatic hydroxyl groups is 3. The van der Waals surface area contributed by atoms with E-state index in [0.717, 1.165) is 0 Å². The maximum atomic E-state index is 13.8. The van der Waals surface area contributed by atoms with Crippen LogP contribution in [0.3, 0.4) is 0 Å². The monoisotopic (exact) mass is 625 g/mol. The minimum Gasteiger partial charge on any atom is -0.507 e. The maximum Gasteiger partial charge on any atom is 0.202 e. The lowest BCUT2D eigenvalue weighted by Gasteiger charge is -2.46. The average molecular weight is 626 g/mol. The number of carbonyl (C=O) groups is 4. The zero-order chi connectivity index (χ0) is 32.4. The number of ether oxygens (including phenoxy) is 3. The fraction of sp³-hybridized carbons (Fsp3) is 0.500. The molecule has 0 unspecified atom stereocenters. The molecule has 4 aliphatic rings. The molecule has 0 amide bonds. The van der Waals surface area contributed by atoms with Gasteiger partial charge < -0.3 is 39.7 Å². The van der Waals surface area contributed by atoms with Crippen LogP contribution in [0.2, 0.25) is 0 Å². The zero-order valence-electron chi connectivity index (χ0n) is 24.8. The number of hydrogen-bond donors (Lipinski definition) is 5. The second-order valence-corrected chi connectivity index (χ2v) is 12.2. The Kier molecular flexibility index (Phi) is 8.04. The molecule has 2 aromatic rings. The highest BCUT2D eigenvalue weighted by atomic mass is 16.7. The van der Waals surface area contributed by atoms with E-state index < -0.39 is 95.7 Å². The van der Waals surface area contributed by atoms with E-state index in [2.05, 4.69) is 0 Å². The van der Waals surface area contributed by atoms with Gasteiger partial charge in [0.25, 0.3) is 0 Å². The molecule has 0 radical (unpaired) electrons. The Morgan fingerprint density at radius 3 is 2.53 bits per heavy atom. The number of likely N-dealkylation sites (tertiary alicyclic amines) is 1. The number of rotatable bonds is 6. The molecule has 45 heavy (non-hydrogen) atoms. The summed E-state index contributed by atoms with van der Waals surface area (Å²) >= 11 is 0. The van der Waals surface area contributed by atoms with Crippen LogP contribution < -0.4 is 4.74 Å². The molecule has 2 aromatic carbocycles. The molecule has 0 saturated carbocycles. The summed E-state index contributed by atoms with van der Waals surface area (Å²) in [5.74, 6) is -3.77. The fourth-order valence-electron chi connectivity index (χ4n) is 7.20. The summed E-state index contributed by atoms with van der Waals surface area (Å²) in [6, 6.07) is 3.84. The summed E-state index contributed by atoms with van der Waals surface area (Å²) in [5, 5.41) is 55.2. The minimum absolute atomic E-state index is 0.0430. The van der Waals surface area contributed by atoms with Gasteiger partial charge in [-0.05, 0) is 26.0 Å². The molecule has 6 rings (SSSR count). The molecule has 6 atom stereocenters. The van der Waals surface area contributed by atoms with E-state index in [1.165, 1.54) is 25.3 Å². The largest absolute Gasteiger partial charge is 0.507 e. The molecule has 0 spiro atoms. The second-order valence-electron chi connectivity index (χ2n) is 12.2. The Morgan fingerprint density at radius 1 is 1.11 bits per heavy atom. The standard InChI is InChI=1S/C32H35NO12/c1-14-27(37)18(33-8-4-5-15(35)12-33)9-22(44-14)45-20-11-32(42,21(36)13-34)10-17-24(20)31(41)26-25(29(17)39)28(38)16-6-3-7-19(43-2)23(16)30(26)40/h3,6-7,14,18,20,22,27,34,37,39,41-42H,4-5,8-13H2,1-2H3/t14-,18-,20-,22-,27+,32-/m0/s1. The number of aromatic hydroxyl groups is 2. The van der Waals surface area contributed by atoms with Crippen molar-refractivity contribution >= 4 is 23.1 Å². The van der Waals surface area contributed by atoms with Gasteiger partial charge in [0.2, 0.25) is 5.78 Å². The van der Waals surface area contributed by atoms with Gasteiger partial charge in [0, 0.05) is 48.4 Å². The summed E-state index contributed by atoms with van der Waals surface area (Å²) in [7, 11) is 1.32. The molecule has 13 nitrogen and oxygen atoms in total. The molecule has 2 aliphatic carbocycles. The van der Waals surface area contributed by atoms with Gasteiger partial charge in [-0.25, -0.2) is 0 Å². The SMILES string of the molecule is COc1cccc2c1C(=O)c1c(O)c3c(c(O)c1C2=O)C[C@@](O)(C(=O)CO)C[C@@H]3O[C@H]1C[C@H](N2CCCC(=O)C2)[C@H](O)[C@H](C)O1. The van der Waals surface area contributed by atoms with E-state index in [0.29, 0.717) is 19.4 Å². The van der Waals surface area contributed by atoms with Crippen molar-refractivity contribution < 1.29 is 58.9 Å². The van der Waals surface area contributed by atoms with Crippen molar-refractivity contribution in [1.82, 2.24) is 4.90 Å². The lowest BCUT2D eigenvalue weighted by molar-refractivity contribution is -0.258. The molecule has 13 heteroatoms. The van der Waals surface area contributed by atoms with Crippen molar-refractivity contribution in [2.24, 2.45) is 0 Å². The van der Waals surface area contributed by atoms with Crippen LogP contribution in [0.5, 0.6) is 17.2 Å². The Balaban J connectivity index is 1.44. The number of piperidine rings is 1.